The van der Waals surface area contributed by atoms with E-state index < -0.39 is 23.4 Å². The Labute approximate surface area is 101 Å². The first-order valence-corrected chi connectivity index (χ1v) is 5.07. The second-order valence-electron chi connectivity index (χ2n) is 3.62. The summed E-state index contributed by atoms with van der Waals surface area (Å²) in [5, 5.41) is 2.34. The topological polar surface area (TPSA) is 29.1 Å². The van der Waals surface area contributed by atoms with Crippen molar-refractivity contribution in [2.75, 3.05) is 5.32 Å². The molecular weight excluding hydrogens is 243 g/mol. The van der Waals surface area contributed by atoms with Crippen molar-refractivity contribution < 1.29 is 18.0 Å². The fourth-order valence-corrected chi connectivity index (χ4v) is 1.45. The standard InChI is InChI=1S/C13H8F3NO/c14-9-2-1-3-12(7-9)17-13(18)8-4-10(15)6-11(16)5-8/h1-7H,(H,17,18). The summed E-state index contributed by atoms with van der Waals surface area (Å²) < 4.78 is 38.7. The van der Waals surface area contributed by atoms with Crippen LogP contribution < -0.4 is 5.32 Å². The van der Waals surface area contributed by atoms with Gasteiger partial charge in [0.25, 0.3) is 5.91 Å². The first kappa shape index (κ1) is 12.2. The molecule has 2 aromatic rings. The molecule has 0 bridgehead atoms. The first-order chi connectivity index (χ1) is 8.54. The summed E-state index contributed by atoms with van der Waals surface area (Å²) in [6, 6.07) is 7.67. The lowest BCUT2D eigenvalue weighted by molar-refractivity contribution is 0.102. The van der Waals surface area contributed by atoms with Crippen LogP contribution in [0.1, 0.15) is 10.4 Å². The van der Waals surface area contributed by atoms with Gasteiger partial charge < -0.3 is 5.32 Å². The Balaban J connectivity index is 2.22. The molecule has 1 N–H and O–H groups in total. The minimum Gasteiger partial charge on any atom is -0.322 e. The highest BCUT2D eigenvalue weighted by Gasteiger charge is 2.09. The molecule has 2 aromatic carbocycles. The molecule has 2 rings (SSSR count). The number of amides is 1. The summed E-state index contributed by atoms with van der Waals surface area (Å²) in [5.41, 5.74) is 0.0430. The van der Waals surface area contributed by atoms with E-state index in [0.29, 0.717) is 6.07 Å². The number of carbonyl (C=O) groups excluding carboxylic acids is 1. The molecule has 0 fully saturated rings. The Kier molecular flexibility index (Phi) is 3.32. The van der Waals surface area contributed by atoms with E-state index in [1.54, 1.807) is 0 Å². The molecule has 0 aliphatic carbocycles. The molecule has 0 unspecified atom stereocenters. The van der Waals surface area contributed by atoms with Gasteiger partial charge in [0, 0.05) is 17.3 Å². The predicted octanol–water partition coefficient (Wildman–Crippen LogP) is 3.36. The molecule has 5 heteroatoms. The second-order valence-corrected chi connectivity index (χ2v) is 3.62. The fraction of sp³-hybridized carbons (Fsp3) is 0. The van der Waals surface area contributed by atoms with Crippen molar-refractivity contribution in [2.24, 2.45) is 0 Å². The van der Waals surface area contributed by atoms with Crippen LogP contribution in [-0.2, 0) is 0 Å². The zero-order chi connectivity index (χ0) is 13.1. The minimum atomic E-state index is -0.848. The molecule has 0 spiro atoms. The molecule has 0 heterocycles. The molecule has 0 radical (unpaired) electrons. The first-order valence-electron chi connectivity index (χ1n) is 5.07. The van der Waals surface area contributed by atoms with Gasteiger partial charge in [0.05, 0.1) is 0 Å². The zero-order valence-electron chi connectivity index (χ0n) is 9.08. The molecule has 0 saturated heterocycles. The van der Waals surface area contributed by atoms with Gasteiger partial charge >= 0.3 is 0 Å². The maximum absolute atomic E-state index is 12.9. The lowest BCUT2D eigenvalue weighted by Gasteiger charge is -2.05. The van der Waals surface area contributed by atoms with Gasteiger partial charge in [-0.25, -0.2) is 13.2 Å². The van der Waals surface area contributed by atoms with Crippen LogP contribution in [0.3, 0.4) is 0 Å². The lowest BCUT2D eigenvalue weighted by atomic mass is 10.2. The minimum absolute atomic E-state index is 0.170. The highest BCUT2D eigenvalue weighted by Crippen LogP contribution is 2.13. The van der Waals surface area contributed by atoms with Crippen LogP contribution in [0.4, 0.5) is 18.9 Å². The third-order valence-corrected chi connectivity index (χ3v) is 2.21. The van der Waals surface area contributed by atoms with E-state index in [4.69, 9.17) is 0 Å². The van der Waals surface area contributed by atoms with E-state index in [-0.39, 0.29) is 11.3 Å². The number of benzene rings is 2. The molecular formula is C13H8F3NO. The SMILES string of the molecule is O=C(Nc1cccc(F)c1)c1cc(F)cc(F)c1. The number of nitrogens with one attached hydrogen (secondary N) is 1. The number of hydrogen-bond acceptors (Lipinski definition) is 1. The third kappa shape index (κ3) is 2.88. The summed E-state index contributed by atoms with van der Waals surface area (Å²) >= 11 is 0. The maximum atomic E-state index is 12.9. The number of rotatable bonds is 2. The van der Waals surface area contributed by atoms with Crippen LogP contribution in [0.25, 0.3) is 0 Å². The van der Waals surface area contributed by atoms with Gasteiger partial charge in [-0.15, -0.1) is 0 Å². The van der Waals surface area contributed by atoms with Gasteiger partial charge in [-0.05, 0) is 30.3 Å². The number of anilines is 1. The van der Waals surface area contributed by atoms with Crippen molar-refractivity contribution in [1.82, 2.24) is 0 Å². The molecule has 1 amide bonds. The summed E-state index contributed by atoms with van der Waals surface area (Å²) in [6.07, 6.45) is 0. The predicted molar refractivity (Wildman–Crippen MR) is 60.7 cm³/mol. The molecule has 2 nitrogen and oxygen atoms in total. The van der Waals surface area contributed by atoms with Crippen molar-refractivity contribution in [1.29, 1.82) is 0 Å². The van der Waals surface area contributed by atoms with Gasteiger partial charge in [-0.2, -0.15) is 0 Å². The van der Waals surface area contributed by atoms with Crippen LogP contribution in [-0.4, -0.2) is 5.91 Å². The van der Waals surface area contributed by atoms with E-state index >= 15 is 0 Å². The molecule has 18 heavy (non-hydrogen) atoms. The fourth-order valence-electron chi connectivity index (χ4n) is 1.45. The summed E-state index contributed by atoms with van der Waals surface area (Å²) in [5.74, 6) is -2.92. The third-order valence-electron chi connectivity index (χ3n) is 2.21. The average Bonchev–Trinajstić information content (AvgIpc) is 2.27. The van der Waals surface area contributed by atoms with Gasteiger partial charge in [0.2, 0.25) is 0 Å². The van der Waals surface area contributed by atoms with Crippen LogP contribution in [0.2, 0.25) is 0 Å². The summed E-state index contributed by atoms with van der Waals surface area (Å²) in [4.78, 5) is 11.7. The van der Waals surface area contributed by atoms with E-state index in [1.807, 2.05) is 0 Å². The second kappa shape index (κ2) is 4.91. The Morgan fingerprint density at radius 3 is 2.17 bits per heavy atom. The van der Waals surface area contributed by atoms with Gasteiger partial charge in [-0.1, -0.05) is 6.07 Å². The summed E-state index contributed by atoms with van der Waals surface area (Å²) in [7, 11) is 0. The molecule has 92 valence electrons. The van der Waals surface area contributed by atoms with E-state index in [1.165, 1.54) is 18.2 Å². The normalized spacial score (nSPS) is 10.2. The molecule has 0 aromatic heterocycles. The highest BCUT2D eigenvalue weighted by molar-refractivity contribution is 6.04. The van der Waals surface area contributed by atoms with Gasteiger partial charge in [-0.3, -0.25) is 4.79 Å². The zero-order valence-corrected chi connectivity index (χ0v) is 9.08. The van der Waals surface area contributed by atoms with Crippen molar-refractivity contribution in [3.63, 3.8) is 0 Å². The summed E-state index contributed by atoms with van der Waals surface area (Å²) in [6.45, 7) is 0. The molecule has 0 atom stereocenters. The van der Waals surface area contributed by atoms with E-state index in [2.05, 4.69) is 5.32 Å². The lowest BCUT2D eigenvalue weighted by Crippen LogP contribution is -2.12. The van der Waals surface area contributed by atoms with E-state index in [0.717, 1.165) is 18.2 Å². The van der Waals surface area contributed by atoms with Crippen molar-refractivity contribution in [3.05, 3.63) is 65.5 Å². The Morgan fingerprint density at radius 1 is 0.889 bits per heavy atom. The smallest absolute Gasteiger partial charge is 0.255 e. The van der Waals surface area contributed by atoms with Crippen LogP contribution in [0, 0.1) is 17.5 Å². The monoisotopic (exact) mass is 251 g/mol. The number of carbonyl (C=O) groups is 1. The Morgan fingerprint density at radius 2 is 1.56 bits per heavy atom. The van der Waals surface area contributed by atoms with Gasteiger partial charge in [0.15, 0.2) is 0 Å². The Hall–Kier alpha value is -2.30. The van der Waals surface area contributed by atoms with Gasteiger partial charge in [0.1, 0.15) is 17.5 Å². The maximum Gasteiger partial charge on any atom is 0.255 e. The number of hydrogen-bond donors (Lipinski definition) is 1. The molecule has 0 aliphatic heterocycles. The Bertz CT molecular complexity index is 578. The quantitative estimate of drug-likeness (QED) is 0.871. The van der Waals surface area contributed by atoms with E-state index in [9.17, 15) is 18.0 Å². The molecule has 0 saturated carbocycles. The molecule has 0 aliphatic rings. The van der Waals surface area contributed by atoms with Crippen molar-refractivity contribution in [2.45, 2.75) is 0 Å². The highest BCUT2D eigenvalue weighted by atomic mass is 19.1. The van der Waals surface area contributed by atoms with Crippen LogP contribution in [0.5, 0.6) is 0 Å². The number of halogens is 3. The van der Waals surface area contributed by atoms with Crippen molar-refractivity contribution in [3.8, 4) is 0 Å². The van der Waals surface area contributed by atoms with Crippen molar-refractivity contribution >= 4 is 11.6 Å². The average molecular weight is 251 g/mol. The largest absolute Gasteiger partial charge is 0.322 e. The van der Waals surface area contributed by atoms with Crippen LogP contribution >= 0.6 is 0 Å². The van der Waals surface area contributed by atoms with Crippen LogP contribution in [0.15, 0.2) is 42.5 Å².